The number of rotatable bonds is 59. The van der Waals surface area contributed by atoms with Crippen LogP contribution in [0.5, 0.6) is 0 Å². The zero-order chi connectivity index (χ0) is 116. The monoisotopic (exact) mass is 2120 g/mol. The Morgan fingerprint density at radius 3 is 1.12 bits per heavy atom. The molecule has 0 bridgehead atoms. The first-order valence-electron chi connectivity index (χ1n) is 54.3. The number of primary amides is 1. The van der Waals surface area contributed by atoms with Gasteiger partial charge >= 0.3 is 17.9 Å². The van der Waals surface area contributed by atoms with E-state index >= 15 is 0 Å². The third-order valence-corrected chi connectivity index (χ3v) is 23.9. The van der Waals surface area contributed by atoms with E-state index < -0.39 is 41.4 Å². The van der Waals surface area contributed by atoms with E-state index in [0.29, 0.717) is 70.8 Å². The molecule has 1 saturated heterocycles. The Bertz CT molecular complexity index is 3530. The largest absolute Gasteiger partial charge is 0.467 e. The summed E-state index contributed by atoms with van der Waals surface area (Å²) in [6, 6.07) is 5.99. The Balaban J connectivity index is -0.000000205. The molecule has 1 fully saturated rings. The molecule has 1 aromatic carbocycles. The van der Waals surface area contributed by atoms with Crippen LogP contribution in [-0.2, 0) is 116 Å². The number of aliphatic hydroxyl groups excluding tert-OH is 1. The van der Waals surface area contributed by atoms with E-state index in [1.807, 2.05) is 152 Å². The lowest BCUT2D eigenvalue weighted by Gasteiger charge is -2.26. The van der Waals surface area contributed by atoms with Crippen molar-refractivity contribution in [3.8, 4) is 0 Å². The Hall–Kier alpha value is -10.0. The number of esters is 3. The molecule has 39 heteroatoms. The SMILES string of the molecule is CCC(CC)C(=O)NC(C)(C)CO.CCC(CC)C(=O)NC(C)C(=O)OC.CCC(CC)C(=O)NC1CCOCC1.CCC(CC)C(=O)NCC(N)=O.CCC(CC)C(=O)NCCNC(C)=O.CCC(CC)C(=O)NCCOC(C)C.CCC(CC)C(=O)NNC=O.CCC(CC)C(=O)N[C@@H](C)C(=O)OC.CCC(CC)NC(=O)CCOC.CCC(CC)NC(=O)Cc1ccc(F)cc1.CCOC(=O)CC(=O)NC(CC)CC. The van der Waals surface area contributed by atoms with Crippen molar-refractivity contribution in [1.29, 1.82) is 0 Å². The van der Waals surface area contributed by atoms with Gasteiger partial charge in [0.2, 0.25) is 83.2 Å². The number of hydrazine groups is 1. The molecule has 0 radical (unpaired) electrons. The first-order valence-corrected chi connectivity index (χ1v) is 54.3. The first-order chi connectivity index (χ1) is 70.0. The zero-order valence-corrected chi connectivity index (χ0v) is 97.5. The van der Waals surface area contributed by atoms with Gasteiger partial charge in [-0.2, -0.15) is 0 Å². The van der Waals surface area contributed by atoms with Gasteiger partial charge in [-0.05, 0) is 220 Å². The number of carbonyl (C=O) groups excluding carboxylic acids is 17. The Kier molecular flexibility index (Phi) is 109. The second kappa shape index (κ2) is 104. The fourth-order valence-electron chi connectivity index (χ4n) is 13.4. The summed E-state index contributed by atoms with van der Waals surface area (Å²) < 4.78 is 41.7. The van der Waals surface area contributed by atoms with Gasteiger partial charge < -0.3 is 97.7 Å². The number of halogens is 1. The number of hydrogen-bond donors (Lipinski definition) is 15. The normalized spacial score (nSPS) is 11.5. The van der Waals surface area contributed by atoms with Crippen molar-refractivity contribution in [2.75, 3.05) is 87.1 Å². The molecule has 0 aliphatic carbocycles. The Labute approximate surface area is 890 Å². The minimum absolute atomic E-state index is 0.000285. The fourth-order valence-corrected chi connectivity index (χ4v) is 13.4. The van der Waals surface area contributed by atoms with E-state index in [9.17, 15) is 85.9 Å². The molecule has 1 unspecified atom stereocenters. The van der Waals surface area contributed by atoms with Gasteiger partial charge in [-0.1, -0.05) is 164 Å². The summed E-state index contributed by atoms with van der Waals surface area (Å²) in [5.41, 5.74) is 9.60. The van der Waals surface area contributed by atoms with E-state index in [2.05, 4.69) is 111 Å². The molecule has 0 aromatic heterocycles. The molecule has 0 spiro atoms. The predicted octanol–water partition coefficient (Wildman–Crippen LogP) is 13.3. The molecule has 1 aliphatic heterocycles. The van der Waals surface area contributed by atoms with Crippen LogP contribution in [0.25, 0.3) is 0 Å². The Morgan fingerprint density at radius 1 is 0.439 bits per heavy atom. The maximum Gasteiger partial charge on any atom is 0.328 e. The molecule has 0 saturated carbocycles. The predicted molar refractivity (Wildman–Crippen MR) is 584 cm³/mol. The van der Waals surface area contributed by atoms with E-state index in [0.717, 1.165) is 173 Å². The van der Waals surface area contributed by atoms with Crippen LogP contribution in [0.4, 0.5) is 4.39 Å². The van der Waals surface area contributed by atoms with Crippen molar-refractivity contribution >= 4 is 101 Å². The minimum atomic E-state index is -0.562. The van der Waals surface area contributed by atoms with Crippen molar-refractivity contribution in [2.45, 2.75) is 429 Å². The van der Waals surface area contributed by atoms with Crippen LogP contribution >= 0.6 is 0 Å². The summed E-state index contributed by atoms with van der Waals surface area (Å²) in [5.74, 6) is -1.63. The van der Waals surface area contributed by atoms with Gasteiger partial charge in [-0.3, -0.25) is 82.8 Å². The number of amides is 14. The van der Waals surface area contributed by atoms with E-state index in [-0.39, 0.29) is 162 Å². The molecule has 2 atom stereocenters. The summed E-state index contributed by atoms with van der Waals surface area (Å²) in [6.07, 6.45) is 22.3. The molecule has 1 aliphatic rings. The number of aliphatic hydroxyl groups is 1. The van der Waals surface area contributed by atoms with Crippen LogP contribution in [0.3, 0.4) is 0 Å². The molecule has 148 heavy (non-hydrogen) atoms. The number of benzene rings is 1. The van der Waals surface area contributed by atoms with Crippen molar-refractivity contribution in [2.24, 2.45) is 53.1 Å². The molecular formula is C109H209FN14O24. The standard InChI is InChI=1S/C13H18FNO.C11H21NO2.C11H23NO2.C10H20N2O2.3C10H19NO3.C10H21NO2.C9H19NO2.C8H16N2O2.C7H14N2O2/c1-3-12(4-2)15-13(16)9-10-5-7-11(14)8-6-10;1-3-9(4-2)11(13)12-10-5-7-14-8-6-10;1-5-10(6-2)11(13)12-7-8-14-9(3)4;1-4-9(5-2)10(14)12-7-6-11-8(3)13;2*1-5-8(6-2)9(12)11-7(3)10(13)14-4;1-4-8(5-2)11-9(12)7-10(13)14-6-3;1-5-8(6-2)9(13)11-10(3,4)7-12;1-4-8(5-2)10-9(11)6-7-12-3;1-3-6(4-2)8(12)10-5-7(9)11;1-3-6(4-2)7(11)9-8-5-10/h5-8,12H,3-4,9H2,1-2H3,(H,15,16);9-10H,3-8H2,1-2H3,(H,12,13);9-10H,5-8H2,1-4H3,(H,12,13);9H,4-7H2,1-3H3,(H,11,13)(H,12,14);2*7-8H,5-6H2,1-4H3,(H,11,12);8H,4-7H2,1-3H3,(H,11,12);8,12H,5-7H2,1-4H3,(H,11,13);8H,4-7H2,1-3H3,(H,10,11);6H,3-5H2,1-2H3,(H2,9,11)(H,10,12);5-6H,3-4H2,1-2H3,(H,8,10)(H,9,11)/t;;;;7-;;;;;;/m....0....../s1. The van der Waals surface area contributed by atoms with Gasteiger partial charge in [0.25, 0.3) is 0 Å². The zero-order valence-electron chi connectivity index (χ0n) is 97.5. The maximum atomic E-state index is 12.6. The lowest BCUT2D eigenvalue weighted by atomic mass is 9.99. The van der Waals surface area contributed by atoms with Crippen LogP contribution in [0.1, 0.15) is 380 Å². The highest BCUT2D eigenvalue weighted by Gasteiger charge is 2.27. The second-order valence-corrected chi connectivity index (χ2v) is 36.2. The third-order valence-electron chi connectivity index (χ3n) is 23.9. The van der Waals surface area contributed by atoms with Gasteiger partial charge in [0.05, 0.1) is 65.3 Å². The molecule has 866 valence electrons. The smallest absolute Gasteiger partial charge is 0.328 e. The summed E-state index contributed by atoms with van der Waals surface area (Å²) in [6.45, 7) is 62.6. The van der Waals surface area contributed by atoms with Crippen LogP contribution in [0.15, 0.2) is 24.3 Å². The lowest BCUT2D eigenvalue weighted by Crippen LogP contribution is -2.48. The molecule has 1 aromatic rings. The lowest BCUT2D eigenvalue weighted by molar-refractivity contribution is -0.146. The van der Waals surface area contributed by atoms with Gasteiger partial charge in [-0.25, -0.2) is 14.0 Å². The quantitative estimate of drug-likeness (QED) is 0.00719. The Morgan fingerprint density at radius 2 is 0.784 bits per heavy atom. The topological polar surface area (TPSA) is 548 Å². The molecule has 16 N–H and O–H groups in total. The summed E-state index contributed by atoms with van der Waals surface area (Å²) in [5, 5.41) is 39.5. The maximum absolute atomic E-state index is 12.6. The highest BCUT2D eigenvalue weighted by atomic mass is 19.1. The minimum Gasteiger partial charge on any atom is -0.467 e. The van der Waals surface area contributed by atoms with Crippen molar-refractivity contribution in [3.05, 3.63) is 35.6 Å². The molecule has 2 rings (SSSR count). The molecular weight excluding hydrogens is 1910 g/mol. The van der Waals surface area contributed by atoms with E-state index in [1.54, 1.807) is 40.0 Å². The van der Waals surface area contributed by atoms with Crippen molar-refractivity contribution in [1.82, 2.24) is 69.3 Å². The molecule has 14 amide bonds. The van der Waals surface area contributed by atoms with Crippen LogP contribution in [-0.4, -0.2) is 241 Å². The van der Waals surface area contributed by atoms with Gasteiger partial charge in [0.15, 0.2) is 0 Å². The average Bonchev–Trinajstić information content (AvgIpc) is 0.889. The van der Waals surface area contributed by atoms with Crippen molar-refractivity contribution in [3.63, 3.8) is 0 Å². The second-order valence-electron chi connectivity index (χ2n) is 36.2. The number of nitrogens with two attached hydrogens (primary N) is 1. The summed E-state index contributed by atoms with van der Waals surface area (Å²) in [4.78, 5) is 189. The number of methoxy groups -OCH3 is 3. The number of carbonyl (C=O) groups is 17. The van der Waals surface area contributed by atoms with Crippen LogP contribution in [0.2, 0.25) is 0 Å². The van der Waals surface area contributed by atoms with Gasteiger partial charge in [0, 0.05) is 125 Å². The molecule has 38 nitrogen and oxygen atoms in total. The summed E-state index contributed by atoms with van der Waals surface area (Å²) >= 11 is 0. The van der Waals surface area contributed by atoms with Crippen LogP contribution < -0.4 is 75.1 Å². The van der Waals surface area contributed by atoms with E-state index in [1.165, 1.54) is 33.3 Å². The van der Waals surface area contributed by atoms with Gasteiger partial charge in [-0.15, -0.1) is 0 Å². The highest BCUT2D eigenvalue weighted by molar-refractivity contribution is 5.94. The first kappa shape index (κ1) is 156. The molecule has 1 heterocycles. The third kappa shape index (κ3) is 89.9. The fraction of sp³-hybridized carbons (Fsp3) is 0.789. The number of ether oxygens (including phenoxy) is 6. The highest BCUT2D eigenvalue weighted by Crippen LogP contribution is 2.17. The number of hydrogen-bond acceptors (Lipinski definition) is 24. The van der Waals surface area contributed by atoms with Crippen LogP contribution in [0, 0.1) is 53.2 Å². The van der Waals surface area contributed by atoms with Gasteiger partial charge in [0.1, 0.15) is 24.3 Å². The summed E-state index contributed by atoms with van der Waals surface area (Å²) in [7, 11) is 4.22. The van der Waals surface area contributed by atoms with E-state index in [4.69, 9.17) is 25.1 Å². The van der Waals surface area contributed by atoms with Crippen molar-refractivity contribution < 1.29 is 119 Å². The number of nitrogens with one attached hydrogen (secondary N) is 13. The average molecular weight is 2120 g/mol.